The Bertz CT molecular complexity index is 521. The molecule has 1 saturated heterocycles. The summed E-state index contributed by atoms with van der Waals surface area (Å²) in [7, 11) is 0. The molecule has 1 fully saturated rings. The lowest BCUT2D eigenvalue weighted by Gasteiger charge is -2.36. The molecular weight excluding hydrogens is 255 g/mol. The highest BCUT2D eigenvalue weighted by molar-refractivity contribution is 5.37. The summed E-state index contributed by atoms with van der Waals surface area (Å²) in [6, 6.07) is 5.44. The number of morpholine rings is 1. The summed E-state index contributed by atoms with van der Waals surface area (Å²) in [5.74, 6) is 5.36. The van der Waals surface area contributed by atoms with E-state index in [9.17, 15) is 4.39 Å². The van der Waals surface area contributed by atoms with Crippen LogP contribution in [0, 0.1) is 17.7 Å². The average molecular weight is 276 g/mol. The van der Waals surface area contributed by atoms with Crippen molar-refractivity contribution in [1.82, 2.24) is 4.90 Å². The lowest BCUT2D eigenvalue weighted by Crippen LogP contribution is -2.46. The molecule has 0 amide bonds. The Balaban J connectivity index is 2.09. The summed E-state index contributed by atoms with van der Waals surface area (Å²) in [5, 5.41) is 0. The van der Waals surface area contributed by atoms with Gasteiger partial charge in [-0.2, -0.15) is 0 Å². The molecule has 0 aliphatic carbocycles. The number of rotatable bonds is 2. The van der Waals surface area contributed by atoms with Gasteiger partial charge in [0.2, 0.25) is 0 Å². The molecule has 0 saturated carbocycles. The molecule has 0 bridgehead atoms. The lowest BCUT2D eigenvalue weighted by atomic mass is 10.1. The van der Waals surface area contributed by atoms with Crippen LogP contribution in [0.4, 0.5) is 4.39 Å². The molecule has 2 atom stereocenters. The van der Waals surface area contributed by atoms with Crippen molar-refractivity contribution in [1.29, 1.82) is 0 Å². The van der Waals surface area contributed by atoms with Gasteiger partial charge in [0.1, 0.15) is 5.82 Å². The topological polar surface area (TPSA) is 38.5 Å². The number of hydrogen-bond acceptors (Lipinski definition) is 3. The molecule has 1 aromatic rings. The summed E-state index contributed by atoms with van der Waals surface area (Å²) in [5.41, 5.74) is 6.68. The monoisotopic (exact) mass is 276 g/mol. The minimum Gasteiger partial charge on any atom is -0.376 e. The van der Waals surface area contributed by atoms with Gasteiger partial charge in [-0.05, 0) is 26.0 Å². The molecular formula is C16H21FN2O. The van der Waals surface area contributed by atoms with E-state index >= 15 is 0 Å². The van der Waals surface area contributed by atoms with Gasteiger partial charge in [-0.1, -0.05) is 17.9 Å². The molecule has 1 heterocycles. The van der Waals surface area contributed by atoms with Gasteiger partial charge in [-0.15, -0.1) is 0 Å². The highest BCUT2D eigenvalue weighted by Gasteiger charge is 2.24. The van der Waals surface area contributed by atoms with E-state index in [0.717, 1.165) is 6.54 Å². The zero-order chi connectivity index (χ0) is 14.5. The van der Waals surface area contributed by atoms with Crippen molar-refractivity contribution in [2.75, 3.05) is 19.7 Å². The normalized spacial score (nSPS) is 23.2. The molecule has 2 rings (SSSR count). The van der Waals surface area contributed by atoms with Crippen LogP contribution in [0.1, 0.15) is 25.0 Å². The Kier molecular flexibility index (Phi) is 5.13. The Morgan fingerprint density at radius 3 is 2.95 bits per heavy atom. The molecule has 0 spiro atoms. The van der Waals surface area contributed by atoms with Crippen molar-refractivity contribution in [3.8, 4) is 11.8 Å². The number of benzene rings is 1. The highest BCUT2D eigenvalue weighted by Crippen LogP contribution is 2.18. The molecule has 0 aromatic heterocycles. The second-order valence-electron chi connectivity index (χ2n) is 5.23. The third-order valence-electron chi connectivity index (χ3n) is 3.50. The molecule has 1 aliphatic heterocycles. The Morgan fingerprint density at radius 1 is 1.45 bits per heavy atom. The Morgan fingerprint density at radius 2 is 2.25 bits per heavy atom. The van der Waals surface area contributed by atoms with Crippen LogP contribution in [0.15, 0.2) is 18.2 Å². The molecule has 20 heavy (non-hydrogen) atoms. The number of ether oxygens (including phenoxy) is 1. The average Bonchev–Trinajstić information content (AvgIpc) is 2.43. The standard InChI is InChI=1S/C16H21FN2O/c1-12-11-20-13(2)9-19(12)10-15-6-5-14(4-3-7-18)8-16(15)17/h5-6,8,12-13H,7,9-11,18H2,1-2H3. The third-order valence-corrected chi connectivity index (χ3v) is 3.50. The first-order valence-electron chi connectivity index (χ1n) is 6.93. The maximum atomic E-state index is 14.1. The van der Waals surface area contributed by atoms with E-state index in [-0.39, 0.29) is 18.5 Å². The fourth-order valence-corrected chi connectivity index (χ4v) is 2.32. The van der Waals surface area contributed by atoms with Crippen LogP contribution in [-0.4, -0.2) is 36.7 Å². The van der Waals surface area contributed by atoms with Crippen molar-refractivity contribution in [2.24, 2.45) is 5.73 Å². The van der Waals surface area contributed by atoms with Gasteiger partial charge in [0.15, 0.2) is 0 Å². The first kappa shape index (κ1) is 15.0. The molecule has 4 heteroatoms. The van der Waals surface area contributed by atoms with Crippen LogP contribution in [0.3, 0.4) is 0 Å². The predicted molar refractivity (Wildman–Crippen MR) is 77.6 cm³/mol. The van der Waals surface area contributed by atoms with Crippen LogP contribution in [0.25, 0.3) is 0 Å². The van der Waals surface area contributed by atoms with Crippen LogP contribution in [0.2, 0.25) is 0 Å². The largest absolute Gasteiger partial charge is 0.376 e. The summed E-state index contributed by atoms with van der Waals surface area (Å²) in [4.78, 5) is 2.25. The minimum atomic E-state index is -0.208. The number of halogens is 1. The lowest BCUT2D eigenvalue weighted by molar-refractivity contribution is -0.0529. The Hall–Kier alpha value is -1.41. The molecule has 1 aromatic carbocycles. The number of hydrogen-bond donors (Lipinski definition) is 1. The van der Waals surface area contributed by atoms with Crippen molar-refractivity contribution >= 4 is 0 Å². The van der Waals surface area contributed by atoms with E-state index in [1.807, 2.05) is 19.1 Å². The van der Waals surface area contributed by atoms with Crippen LogP contribution in [0.5, 0.6) is 0 Å². The quantitative estimate of drug-likeness (QED) is 0.836. The van der Waals surface area contributed by atoms with E-state index in [0.29, 0.717) is 30.3 Å². The van der Waals surface area contributed by atoms with E-state index in [2.05, 4.69) is 23.7 Å². The molecule has 1 aliphatic rings. The maximum absolute atomic E-state index is 14.1. The summed E-state index contributed by atoms with van der Waals surface area (Å²) in [6.07, 6.45) is 0.198. The Labute approximate surface area is 119 Å². The van der Waals surface area contributed by atoms with Gasteiger partial charge < -0.3 is 10.5 Å². The van der Waals surface area contributed by atoms with Gasteiger partial charge >= 0.3 is 0 Å². The smallest absolute Gasteiger partial charge is 0.128 e. The van der Waals surface area contributed by atoms with E-state index in [1.165, 1.54) is 6.07 Å². The van der Waals surface area contributed by atoms with Gasteiger partial charge in [0.05, 0.1) is 19.3 Å². The van der Waals surface area contributed by atoms with Crippen molar-refractivity contribution in [3.63, 3.8) is 0 Å². The zero-order valence-corrected chi connectivity index (χ0v) is 12.0. The second kappa shape index (κ2) is 6.85. The SMILES string of the molecule is CC1CN(Cc2ccc(C#CCN)cc2F)C(C)CO1. The van der Waals surface area contributed by atoms with Gasteiger partial charge in [0, 0.05) is 30.3 Å². The van der Waals surface area contributed by atoms with Crippen molar-refractivity contribution < 1.29 is 9.13 Å². The van der Waals surface area contributed by atoms with E-state index in [4.69, 9.17) is 10.5 Å². The first-order chi connectivity index (χ1) is 9.60. The van der Waals surface area contributed by atoms with Crippen molar-refractivity contribution in [2.45, 2.75) is 32.5 Å². The van der Waals surface area contributed by atoms with E-state index < -0.39 is 0 Å². The van der Waals surface area contributed by atoms with Crippen LogP contribution >= 0.6 is 0 Å². The number of nitrogens with two attached hydrogens (primary N) is 1. The van der Waals surface area contributed by atoms with Gasteiger partial charge in [-0.3, -0.25) is 4.90 Å². The maximum Gasteiger partial charge on any atom is 0.128 e. The second-order valence-corrected chi connectivity index (χ2v) is 5.23. The van der Waals surface area contributed by atoms with Crippen LogP contribution in [-0.2, 0) is 11.3 Å². The molecule has 108 valence electrons. The van der Waals surface area contributed by atoms with E-state index in [1.54, 1.807) is 0 Å². The number of nitrogens with zero attached hydrogens (tertiary/aromatic N) is 1. The molecule has 2 unspecified atom stereocenters. The summed E-state index contributed by atoms with van der Waals surface area (Å²) >= 11 is 0. The van der Waals surface area contributed by atoms with Gasteiger partial charge in [-0.25, -0.2) is 4.39 Å². The first-order valence-corrected chi connectivity index (χ1v) is 6.93. The predicted octanol–water partition coefficient (Wildman–Crippen LogP) is 1.75. The van der Waals surface area contributed by atoms with Crippen LogP contribution < -0.4 is 5.73 Å². The molecule has 2 N–H and O–H groups in total. The summed E-state index contributed by atoms with van der Waals surface area (Å²) in [6.45, 7) is 6.56. The molecule has 0 radical (unpaired) electrons. The zero-order valence-electron chi connectivity index (χ0n) is 12.0. The van der Waals surface area contributed by atoms with Gasteiger partial charge in [0.25, 0.3) is 0 Å². The fourth-order valence-electron chi connectivity index (χ4n) is 2.32. The molecule has 3 nitrogen and oxygen atoms in total. The van der Waals surface area contributed by atoms with Crippen molar-refractivity contribution in [3.05, 3.63) is 35.1 Å². The minimum absolute atomic E-state index is 0.198. The summed E-state index contributed by atoms with van der Waals surface area (Å²) < 4.78 is 19.7. The highest BCUT2D eigenvalue weighted by atomic mass is 19.1. The fraction of sp³-hybridized carbons (Fsp3) is 0.500. The third kappa shape index (κ3) is 3.80.